The minimum Gasteiger partial charge on any atom is -0.327 e. The molecule has 0 aliphatic carbocycles. The average molecular weight is 226 g/mol. The van der Waals surface area contributed by atoms with Crippen molar-refractivity contribution in [3.63, 3.8) is 0 Å². The molecule has 16 heavy (non-hydrogen) atoms. The fraction of sp³-hybridized carbons (Fsp3) is 1.00. The summed E-state index contributed by atoms with van der Waals surface area (Å²) in [6, 6.07) is 1.05. The molecule has 1 aliphatic rings. The van der Waals surface area contributed by atoms with Crippen molar-refractivity contribution in [3.8, 4) is 0 Å². The molecular weight excluding hydrogens is 196 g/mol. The van der Waals surface area contributed by atoms with Crippen LogP contribution in [0.4, 0.5) is 0 Å². The van der Waals surface area contributed by atoms with E-state index in [0.717, 1.165) is 24.8 Å². The van der Waals surface area contributed by atoms with Gasteiger partial charge < -0.3 is 5.73 Å². The molecule has 0 radical (unpaired) electrons. The van der Waals surface area contributed by atoms with Crippen LogP contribution in [-0.2, 0) is 0 Å². The third-order valence-corrected chi connectivity index (χ3v) is 3.96. The van der Waals surface area contributed by atoms with E-state index in [9.17, 15) is 0 Å². The van der Waals surface area contributed by atoms with Gasteiger partial charge >= 0.3 is 0 Å². The highest BCUT2D eigenvalue weighted by molar-refractivity contribution is 4.84. The summed E-state index contributed by atoms with van der Waals surface area (Å²) in [6.45, 7) is 13.9. The Hall–Kier alpha value is -0.0800. The van der Waals surface area contributed by atoms with Crippen LogP contribution in [0, 0.1) is 17.8 Å². The van der Waals surface area contributed by atoms with Crippen molar-refractivity contribution in [3.05, 3.63) is 0 Å². The largest absolute Gasteiger partial charge is 0.327 e. The summed E-state index contributed by atoms with van der Waals surface area (Å²) < 4.78 is 0. The molecule has 0 aromatic heterocycles. The van der Waals surface area contributed by atoms with Gasteiger partial charge in [0.05, 0.1) is 0 Å². The maximum Gasteiger partial charge on any atom is 0.0170 e. The van der Waals surface area contributed by atoms with Crippen molar-refractivity contribution in [2.75, 3.05) is 13.1 Å². The Morgan fingerprint density at radius 2 is 1.88 bits per heavy atom. The van der Waals surface area contributed by atoms with E-state index in [1.165, 1.54) is 13.0 Å². The van der Waals surface area contributed by atoms with E-state index < -0.39 is 0 Å². The summed E-state index contributed by atoms with van der Waals surface area (Å²) in [7, 11) is 0. The molecular formula is C14H30N2. The van der Waals surface area contributed by atoms with Gasteiger partial charge in [-0.25, -0.2) is 0 Å². The van der Waals surface area contributed by atoms with E-state index in [-0.39, 0.29) is 0 Å². The second-order valence-corrected chi connectivity index (χ2v) is 6.40. The first-order valence-electron chi connectivity index (χ1n) is 6.89. The first-order chi connectivity index (χ1) is 7.40. The number of hydrogen-bond acceptors (Lipinski definition) is 2. The number of piperidine rings is 1. The monoisotopic (exact) mass is 226 g/mol. The molecule has 0 bridgehead atoms. The van der Waals surface area contributed by atoms with Crippen LogP contribution in [0.15, 0.2) is 0 Å². The highest BCUT2D eigenvalue weighted by Crippen LogP contribution is 2.27. The normalized spacial score (nSPS) is 34.3. The number of nitrogens with two attached hydrogens (primary N) is 1. The average Bonchev–Trinajstić information content (AvgIpc) is 2.11. The van der Waals surface area contributed by atoms with Gasteiger partial charge in [-0.05, 0) is 37.5 Å². The van der Waals surface area contributed by atoms with Gasteiger partial charge in [0.2, 0.25) is 0 Å². The number of hydrogen-bond donors (Lipinski definition) is 1. The molecule has 1 heterocycles. The number of likely N-dealkylation sites (tertiary alicyclic amines) is 1. The third kappa shape index (κ3) is 4.06. The van der Waals surface area contributed by atoms with E-state index in [2.05, 4.69) is 39.5 Å². The Morgan fingerprint density at radius 1 is 1.25 bits per heavy atom. The van der Waals surface area contributed by atoms with Crippen LogP contribution in [0.3, 0.4) is 0 Å². The summed E-state index contributed by atoms with van der Waals surface area (Å²) in [5, 5.41) is 0. The minimum absolute atomic E-state index is 0.347. The summed E-state index contributed by atoms with van der Waals surface area (Å²) >= 11 is 0. The van der Waals surface area contributed by atoms with Crippen molar-refractivity contribution in [1.29, 1.82) is 0 Å². The molecule has 96 valence electrons. The van der Waals surface area contributed by atoms with Gasteiger partial charge in [0, 0.05) is 25.2 Å². The molecule has 4 atom stereocenters. The van der Waals surface area contributed by atoms with Crippen molar-refractivity contribution in [2.24, 2.45) is 23.5 Å². The predicted molar refractivity (Wildman–Crippen MR) is 71.4 cm³/mol. The smallest absolute Gasteiger partial charge is 0.0170 e. The lowest BCUT2D eigenvalue weighted by atomic mass is 9.85. The quantitative estimate of drug-likeness (QED) is 0.798. The highest BCUT2D eigenvalue weighted by Gasteiger charge is 2.29. The lowest BCUT2D eigenvalue weighted by Gasteiger charge is -2.42. The van der Waals surface area contributed by atoms with Crippen LogP contribution >= 0.6 is 0 Å². The maximum absolute atomic E-state index is 6.22. The number of nitrogens with zero attached hydrogens (tertiary/aromatic N) is 1. The van der Waals surface area contributed by atoms with Crippen LogP contribution in [0.2, 0.25) is 0 Å². The maximum atomic E-state index is 6.22. The van der Waals surface area contributed by atoms with Crippen molar-refractivity contribution in [2.45, 2.75) is 59.5 Å². The Balaban J connectivity index is 2.45. The van der Waals surface area contributed by atoms with E-state index in [0.29, 0.717) is 18.0 Å². The van der Waals surface area contributed by atoms with Gasteiger partial charge in [0.25, 0.3) is 0 Å². The van der Waals surface area contributed by atoms with Crippen LogP contribution in [0.5, 0.6) is 0 Å². The van der Waals surface area contributed by atoms with E-state index in [1.54, 1.807) is 0 Å². The molecule has 1 rings (SSSR count). The standard InChI is InChI=1S/C14H30N2/c1-10(2)6-14(15)9-16-8-11(3)7-12(4)13(16)5/h10-14H,6-9,15H2,1-5H3. The minimum atomic E-state index is 0.347. The molecule has 1 saturated heterocycles. The summed E-state index contributed by atoms with van der Waals surface area (Å²) in [5.41, 5.74) is 6.22. The summed E-state index contributed by atoms with van der Waals surface area (Å²) in [4.78, 5) is 2.60. The molecule has 0 amide bonds. The van der Waals surface area contributed by atoms with Crippen LogP contribution in [0.25, 0.3) is 0 Å². The molecule has 1 aliphatic heterocycles. The van der Waals surface area contributed by atoms with Gasteiger partial charge in [0.15, 0.2) is 0 Å². The summed E-state index contributed by atoms with van der Waals surface area (Å²) in [6.07, 6.45) is 2.52. The van der Waals surface area contributed by atoms with E-state index >= 15 is 0 Å². The molecule has 2 nitrogen and oxygen atoms in total. The van der Waals surface area contributed by atoms with E-state index in [1.807, 2.05) is 0 Å². The van der Waals surface area contributed by atoms with Gasteiger partial charge in [-0.1, -0.05) is 27.7 Å². The Bertz CT molecular complexity index is 203. The topological polar surface area (TPSA) is 29.3 Å². The van der Waals surface area contributed by atoms with Crippen LogP contribution in [0.1, 0.15) is 47.5 Å². The fourth-order valence-electron chi connectivity index (χ4n) is 3.05. The van der Waals surface area contributed by atoms with Gasteiger partial charge in [-0.3, -0.25) is 4.90 Å². The van der Waals surface area contributed by atoms with Crippen LogP contribution in [-0.4, -0.2) is 30.1 Å². The predicted octanol–water partition coefficient (Wildman–Crippen LogP) is 2.73. The molecule has 4 unspecified atom stereocenters. The van der Waals surface area contributed by atoms with Gasteiger partial charge in [-0.15, -0.1) is 0 Å². The van der Waals surface area contributed by atoms with Crippen molar-refractivity contribution >= 4 is 0 Å². The molecule has 2 heteroatoms. The zero-order valence-electron chi connectivity index (χ0n) is 11.7. The molecule has 1 fully saturated rings. The molecule has 0 aromatic carbocycles. The van der Waals surface area contributed by atoms with Gasteiger partial charge in [-0.2, -0.15) is 0 Å². The highest BCUT2D eigenvalue weighted by atomic mass is 15.2. The Kier molecular flexibility index (Phi) is 5.26. The lowest BCUT2D eigenvalue weighted by Crippen LogP contribution is -2.50. The SMILES string of the molecule is CC(C)CC(N)CN1CC(C)CC(C)C1C. The number of rotatable bonds is 4. The molecule has 2 N–H and O–H groups in total. The third-order valence-electron chi connectivity index (χ3n) is 3.96. The molecule has 0 aromatic rings. The van der Waals surface area contributed by atoms with Crippen LogP contribution < -0.4 is 5.73 Å². The Labute approximate surface area is 102 Å². The first kappa shape index (κ1) is 14.0. The summed E-state index contributed by atoms with van der Waals surface area (Å²) in [5.74, 6) is 2.36. The fourth-order valence-corrected chi connectivity index (χ4v) is 3.05. The zero-order chi connectivity index (χ0) is 12.3. The van der Waals surface area contributed by atoms with E-state index in [4.69, 9.17) is 5.73 Å². The molecule has 0 spiro atoms. The Morgan fingerprint density at radius 3 is 2.44 bits per heavy atom. The second-order valence-electron chi connectivity index (χ2n) is 6.40. The molecule has 0 saturated carbocycles. The zero-order valence-corrected chi connectivity index (χ0v) is 11.7. The van der Waals surface area contributed by atoms with Gasteiger partial charge in [0.1, 0.15) is 0 Å². The second kappa shape index (κ2) is 6.02. The van der Waals surface area contributed by atoms with Crippen molar-refractivity contribution in [1.82, 2.24) is 4.90 Å². The lowest BCUT2D eigenvalue weighted by molar-refractivity contribution is 0.0722. The first-order valence-corrected chi connectivity index (χ1v) is 6.89. The van der Waals surface area contributed by atoms with Crippen molar-refractivity contribution < 1.29 is 0 Å².